The number of esters is 4. The Hall–Kier alpha value is -2.50. The molecule has 0 spiro atoms. The van der Waals surface area contributed by atoms with Crippen molar-refractivity contribution >= 4 is 23.9 Å². The zero-order valence-electron chi connectivity index (χ0n) is 17.5. The molecule has 1 rings (SSSR count). The molecule has 0 radical (unpaired) electrons. The molecule has 1 aliphatic heterocycles. The van der Waals surface area contributed by atoms with Gasteiger partial charge in [0.2, 0.25) is 0 Å². The van der Waals surface area contributed by atoms with Crippen LogP contribution in [0.1, 0.15) is 27.7 Å². The summed E-state index contributed by atoms with van der Waals surface area (Å²) in [6.45, 7) is 8.38. The number of hydrogen-bond acceptors (Lipinski definition) is 11. The predicted molar refractivity (Wildman–Crippen MR) is 98.9 cm³/mol. The second-order valence-corrected chi connectivity index (χ2v) is 6.30. The van der Waals surface area contributed by atoms with Crippen LogP contribution in [0.4, 0.5) is 0 Å². The fourth-order valence-electron chi connectivity index (χ4n) is 2.71. The molecule has 0 aromatic rings. The Balaban J connectivity index is 3.14. The molecule has 1 saturated heterocycles. The number of hydrogen-bond donors (Lipinski definition) is 0. The summed E-state index contributed by atoms with van der Waals surface area (Å²) < 4.78 is 37.4. The van der Waals surface area contributed by atoms with E-state index in [2.05, 4.69) is 6.58 Å². The molecule has 0 aromatic heterocycles. The summed E-state index contributed by atoms with van der Waals surface area (Å²) in [5.74, 6) is -2.71. The lowest BCUT2D eigenvalue weighted by Gasteiger charge is -2.44. The monoisotopic (exact) mass is 432 g/mol. The van der Waals surface area contributed by atoms with E-state index in [1.165, 1.54) is 6.92 Å². The summed E-state index contributed by atoms with van der Waals surface area (Å²) in [5, 5.41) is 0. The molecule has 0 N–H and O–H groups in total. The van der Waals surface area contributed by atoms with E-state index < -0.39 is 54.6 Å². The fourth-order valence-corrected chi connectivity index (χ4v) is 2.71. The van der Waals surface area contributed by atoms with Crippen LogP contribution < -0.4 is 0 Å². The Morgan fingerprint density at radius 2 is 1.40 bits per heavy atom. The van der Waals surface area contributed by atoms with Crippen LogP contribution in [0.25, 0.3) is 0 Å². The van der Waals surface area contributed by atoms with E-state index in [0.29, 0.717) is 6.61 Å². The van der Waals surface area contributed by atoms with Crippen LogP contribution in [0, 0.1) is 0 Å². The molecule has 1 fully saturated rings. The van der Waals surface area contributed by atoms with Crippen molar-refractivity contribution in [1.82, 2.24) is 0 Å². The summed E-state index contributed by atoms with van der Waals surface area (Å²) in [7, 11) is 0. The first kappa shape index (κ1) is 25.5. The van der Waals surface area contributed by atoms with Gasteiger partial charge in [-0.25, -0.2) is 0 Å². The summed E-state index contributed by atoms with van der Waals surface area (Å²) in [5.41, 5.74) is 0. The van der Waals surface area contributed by atoms with Crippen LogP contribution in [0.3, 0.4) is 0 Å². The molecule has 1 heterocycles. The van der Waals surface area contributed by atoms with Crippen LogP contribution >= 0.6 is 0 Å². The van der Waals surface area contributed by atoms with E-state index in [4.69, 9.17) is 33.2 Å². The molecule has 0 amide bonds. The quantitative estimate of drug-likeness (QED) is 0.193. The summed E-state index contributed by atoms with van der Waals surface area (Å²) in [4.78, 5) is 46.2. The van der Waals surface area contributed by atoms with E-state index >= 15 is 0 Å². The number of carbonyl (C=O) groups excluding carboxylic acids is 4. The van der Waals surface area contributed by atoms with Gasteiger partial charge in [0.15, 0.2) is 24.6 Å². The van der Waals surface area contributed by atoms with Crippen molar-refractivity contribution in [3.63, 3.8) is 0 Å². The van der Waals surface area contributed by atoms with Gasteiger partial charge in [-0.05, 0) is 0 Å². The normalized spacial score (nSPS) is 25.7. The smallest absolute Gasteiger partial charge is 0.303 e. The number of rotatable bonds is 11. The molecule has 30 heavy (non-hydrogen) atoms. The molecule has 5 atom stereocenters. The van der Waals surface area contributed by atoms with E-state index in [0.717, 1.165) is 20.8 Å². The number of carbonyl (C=O) groups is 4. The first-order chi connectivity index (χ1) is 14.1. The highest BCUT2D eigenvalue weighted by atomic mass is 16.7. The Morgan fingerprint density at radius 3 is 1.93 bits per heavy atom. The van der Waals surface area contributed by atoms with E-state index in [-0.39, 0.29) is 19.8 Å². The lowest BCUT2D eigenvalue weighted by Crippen LogP contribution is -2.63. The van der Waals surface area contributed by atoms with E-state index in [1.54, 1.807) is 6.08 Å². The van der Waals surface area contributed by atoms with Crippen molar-refractivity contribution < 1.29 is 52.3 Å². The molecule has 1 aliphatic rings. The van der Waals surface area contributed by atoms with Gasteiger partial charge >= 0.3 is 23.9 Å². The third-order valence-electron chi connectivity index (χ3n) is 3.69. The third kappa shape index (κ3) is 8.89. The Morgan fingerprint density at radius 1 is 0.833 bits per heavy atom. The highest BCUT2D eigenvalue weighted by molar-refractivity contribution is 5.68. The van der Waals surface area contributed by atoms with Gasteiger partial charge in [0.25, 0.3) is 0 Å². The van der Waals surface area contributed by atoms with Gasteiger partial charge < -0.3 is 33.2 Å². The van der Waals surface area contributed by atoms with Crippen LogP contribution in [0.2, 0.25) is 0 Å². The molecule has 2 unspecified atom stereocenters. The van der Waals surface area contributed by atoms with Crippen molar-refractivity contribution in [3.8, 4) is 0 Å². The van der Waals surface area contributed by atoms with E-state index in [9.17, 15) is 19.2 Å². The molecule has 0 bridgehead atoms. The van der Waals surface area contributed by atoms with Crippen LogP contribution in [0.15, 0.2) is 12.7 Å². The standard InChI is InChI=1S/C19H28O11/c1-6-7-24-8-9-25-19-18(29-14(5)23)17(28-13(4)22)16(27-12(3)21)15(30-19)10-26-11(2)20/h6,15-19H,1,7-10H2,2-5H3/t15?,16-,17-,18?,19+/m0/s1. The maximum absolute atomic E-state index is 11.7. The van der Waals surface area contributed by atoms with Gasteiger partial charge in [0, 0.05) is 27.7 Å². The van der Waals surface area contributed by atoms with Crippen molar-refractivity contribution in [3.05, 3.63) is 12.7 Å². The van der Waals surface area contributed by atoms with Gasteiger partial charge in [0.05, 0.1) is 19.8 Å². The lowest BCUT2D eigenvalue weighted by atomic mass is 9.98. The predicted octanol–water partition coefficient (Wildman–Crippen LogP) is 0.289. The Labute approximate surface area is 174 Å². The third-order valence-corrected chi connectivity index (χ3v) is 3.69. The molecule has 11 heteroatoms. The van der Waals surface area contributed by atoms with Gasteiger partial charge in [-0.1, -0.05) is 6.08 Å². The highest BCUT2D eigenvalue weighted by Crippen LogP contribution is 2.29. The summed E-state index contributed by atoms with van der Waals surface area (Å²) in [6.07, 6.45) is -4.42. The molecule has 0 aromatic carbocycles. The SMILES string of the molecule is C=CCOCCO[C@@H]1OC(COC(C)=O)[C@H](OC(C)=O)[C@H](OC(C)=O)C1OC(C)=O. The average molecular weight is 432 g/mol. The second-order valence-electron chi connectivity index (χ2n) is 6.30. The van der Waals surface area contributed by atoms with Crippen LogP contribution in [-0.2, 0) is 52.3 Å². The van der Waals surface area contributed by atoms with Gasteiger partial charge in [0.1, 0.15) is 12.7 Å². The maximum atomic E-state index is 11.7. The van der Waals surface area contributed by atoms with Crippen LogP contribution in [-0.4, -0.2) is 81.0 Å². The zero-order chi connectivity index (χ0) is 22.7. The van der Waals surface area contributed by atoms with Crippen molar-refractivity contribution in [2.24, 2.45) is 0 Å². The Bertz CT molecular complexity index is 618. The summed E-state index contributed by atoms with van der Waals surface area (Å²) >= 11 is 0. The minimum atomic E-state index is -1.26. The molecular weight excluding hydrogens is 404 g/mol. The van der Waals surface area contributed by atoms with Crippen LogP contribution in [0.5, 0.6) is 0 Å². The first-order valence-electron chi connectivity index (χ1n) is 9.26. The van der Waals surface area contributed by atoms with Gasteiger partial charge in [-0.3, -0.25) is 19.2 Å². The highest BCUT2D eigenvalue weighted by Gasteiger charge is 2.52. The average Bonchev–Trinajstić information content (AvgIpc) is 2.63. The van der Waals surface area contributed by atoms with Gasteiger partial charge in [-0.2, -0.15) is 0 Å². The minimum Gasteiger partial charge on any atom is -0.463 e. The minimum absolute atomic E-state index is 0.0432. The lowest BCUT2D eigenvalue weighted by molar-refractivity contribution is -0.309. The molecular formula is C19H28O11. The van der Waals surface area contributed by atoms with Crippen molar-refractivity contribution in [2.45, 2.75) is 58.4 Å². The first-order valence-corrected chi connectivity index (χ1v) is 9.26. The van der Waals surface area contributed by atoms with Gasteiger partial charge in [-0.15, -0.1) is 6.58 Å². The zero-order valence-corrected chi connectivity index (χ0v) is 17.5. The Kier molecular flexibility index (Phi) is 11.0. The molecule has 0 saturated carbocycles. The van der Waals surface area contributed by atoms with Crippen molar-refractivity contribution in [2.75, 3.05) is 26.4 Å². The van der Waals surface area contributed by atoms with E-state index in [1.807, 2.05) is 0 Å². The molecule has 0 aliphatic carbocycles. The topological polar surface area (TPSA) is 133 Å². The summed E-state index contributed by atoms with van der Waals surface area (Å²) in [6, 6.07) is 0. The molecule has 170 valence electrons. The number of ether oxygens (including phenoxy) is 7. The molecule has 11 nitrogen and oxygen atoms in total. The van der Waals surface area contributed by atoms with Crippen molar-refractivity contribution in [1.29, 1.82) is 0 Å². The largest absolute Gasteiger partial charge is 0.463 e. The second kappa shape index (κ2) is 12.9. The maximum Gasteiger partial charge on any atom is 0.303 e. The fraction of sp³-hybridized carbons (Fsp3) is 0.684.